The molecule has 0 heterocycles. The van der Waals surface area contributed by atoms with E-state index in [4.69, 9.17) is 4.74 Å². The lowest BCUT2D eigenvalue weighted by Crippen LogP contribution is -2.31. The van der Waals surface area contributed by atoms with E-state index in [0.717, 1.165) is 12.1 Å². The highest BCUT2D eigenvalue weighted by molar-refractivity contribution is 7.85. The molecule has 122 valence electrons. The van der Waals surface area contributed by atoms with Crippen LogP contribution < -0.4 is 4.74 Å². The van der Waals surface area contributed by atoms with Gasteiger partial charge in [-0.15, -0.1) is 0 Å². The standard InChI is InChI=1S/C15H20O6S/c1-3-15(17,4-2)13-9-12(13)14(16)21-10-5-7-11(8-6-10)22(18,19)20/h5-8,12-13,17H,3-4,9H2,1-2H3,(H,18,19,20)/p-1. The summed E-state index contributed by atoms with van der Waals surface area (Å²) in [6, 6.07) is 4.74. The number of hydrogen-bond donors (Lipinski definition) is 1. The summed E-state index contributed by atoms with van der Waals surface area (Å²) in [4.78, 5) is 11.7. The molecule has 7 heteroatoms. The van der Waals surface area contributed by atoms with E-state index in [1.165, 1.54) is 12.1 Å². The number of rotatable bonds is 6. The fraction of sp³-hybridized carbons (Fsp3) is 0.533. The lowest BCUT2D eigenvalue weighted by Gasteiger charge is -2.25. The predicted octanol–water partition coefficient (Wildman–Crippen LogP) is 1.68. The fourth-order valence-electron chi connectivity index (χ4n) is 2.69. The van der Waals surface area contributed by atoms with Crippen molar-refractivity contribution in [1.29, 1.82) is 0 Å². The van der Waals surface area contributed by atoms with Crippen LogP contribution in [0.25, 0.3) is 0 Å². The summed E-state index contributed by atoms with van der Waals surface area (Å²) in [7, 11) is -4.51. The maximum absolute atomic E-state index is 12.0. The van der Waals surface area contributed by atoms with Gasteiger partial charge >= 0.3 is 5.97 Å². The lowest BCUT2D eigenvalue weighted by atomic mass is 9.90. The van der Waals surface area contributed by atoms with Crippen LogP contribution in [0.3, 0.4) is 0 Å². The first-order chi connectivity index (χ1) is 10.2. The topological polar surface area (TPSA) is 104 Å². The molecule has 1 aromatic rings. The molecule has 1 N–H and O–H groups in total. The zero-order valence-electron chi connectivity index (χ0n) is 12.5. The van der Waals surface area contributed by atoms with Crippen LogP contribution in [0.2, 0.25) is 0 Å². The van der Waals surface area contributed by atoms with Crippen LogP contribution in [0.15, 0.2) is 29.2 Å². The van der Waals surface area contributed by atoms with Crippen molar-refractivity contribution in [3.8, 4) is 5.75 Å². The van der Waals surface area contributed by atoms with Gasteiger partial charge in [0.2, 0.25) is 0 Å². The Morgan fingerprint density at radius 3 is 2.32 bits per heavy atom. The molecule has 0 aromatic heterocycles. The molecule has 2 unspecified atom stereocenters. The molecule has 6 nitrogen and oxygen atoms in total. The molecule has 1 aromatic carbocycles. The van der Waals surface area contributed by atoms with Crippen molar-refractivity contribution in [1.82, 2.24) is 0 Å². The average molecular weight is 327 g/mol. The molecule has 1 aliphatic rings. The van der Waals surface area contributed by atoms with Crippen LogP contribution in [0.5, 0.6) is 5.75 Å². The molecule has 2 rings (SSSR count). The first kappa shape index (κ1) is 16.9. The van der Waals surface area contributed by atoms with E-state index in [9.17, 15) is 22.9 Å². The molecule has 1 fully saturated rings. The van der Waals surface area contributed by atoms with E-state index in [0.29, 0.717) is 19.3 Å². The number of benzene rings is 1. The van der Waals surface area contributed by atoms with E-state index >= 15 is 0 Å². The Morgan fingerprint density at radius 2 is 1.86 bits per heavy atom. The minimum Gasteiger partial charge on any atom is -0.744 e. The van der Waals surface area contributed by atoms with Gasteiger partial charge in [-0.25, -0.2) is 8.42 Å². The number of hydrogen-bond acceptors (Lipinski definition) is 6. The smallest absolute Gasteiger partial charge is 0.314 e. The highest BCUT2D eigenvalue weighted by Gasteiger charge is 2.54. The largest absolute Gasteiger partial charge is 0.744 e. The third-order valence-electron chi connectivity index (χ3n) is 4.34. The number of esters is 1. The second-order valence-electron chi connectivity index (χ2n) is 5.61. The third kappa shape index (κ3) is 3.48. The maximum atomic E-state index is 12.0. The summed E-state index contributed by atoms with van der Waals surface area (Å²) in [6.45, 7) is 3.76. The van der Waals surface area contributed by atoms with Gasteiger partial charge in [0.25, 0.3) is 0 Å². The van der Waals surface area contributed by atoms with Crippen LogP contribution in [0.1, 0.15) is 33.1 Å². The Bertz CT molecular complexity index is 645. The third-order valence-corrected chi connectivity index (χ3v) is 5.19. The van der Waals surface area contributed by atoms with Crippen molar-refractivity contribution >= 4 is 16.1 Å². The van der Waals surface area contributed by atoms with Crippen molar-refractivity contribution < 1.29 is 27.6 Å². The average Bonchev–Trinajstić information content (AvgIpc) is 3.27. The van der Waals surface area contributed by atoms with E-state index in [2.05, 4.69) is 0 Å². The first-order valence-corrected chi connectivity index (χ1v) is 8.62. The van der Waals surface area contributed by atoms with E-state index in [-0.39, 0.29) is 22.5 Å². The summed E-state index contributed by atoms with van der Waals surface area (Å²) >= 11 is 0. The van der Waals surface area contributed by atoms with Gasteiger partial charge in [-0.05, 0) is 43.5 Å². The van der Waals surface area contributed by atoms with Gasteiger partial charge in [-0.3, -0.25) is 4.79 Å². The Balaban J connectivity index is 2.00. The molecule has 2 atom stereocenters. The number of carbonyl (C=O) groups excluding carboxylic acids is 1. The second-order valence-corrected chi connectivity index (χ2v) is 6.99. The Morgan fingerprint density at radius 1 is 1.32 bits per heavy atom. The van der Waals surface area contributed by atoms with Crippen LogP contribution in [0, 0.1) is 11.8 Å². The molecule has 1 aliphatic carbocycles. The minimum atomic E-state index is -4.51. The van der Waals surface area contributed by atoms with Crippen LogP contribution in [-0.2, 0) is 14.9 Å². The minimum absolute atomic E-state index is 0.101. The second kappa shape index (κ2) is 5.98. The van der Waals surface area contributed by atoms with Crippen molar-refractivity contribution in [3.63, 3.8) is 0 Å². The van der Waals surface area contributed by atoms with Crippen LogP contribution >= 0.6 is 0 Å². The zero-order valence-corrected chi connectivity index (χ0v) is 13.3. The number of ether oxygens (including phenoxy) is 1. The highest BCUT2D eigenvalue weighted by atomic mass is 32.2. The van der Waals surface area contributed by atoms with Gasteiger partial charge in [0.05, 0.1) is 16.4 Å². The van der Waals surface area contributed by atoms with E-state index in [1.807, 2.05) is 13.8 Å². The normalized spacial score (nSPS) is 21.5. The molecule has 22 heavy (non-hydrogen) atoms. The van der Waals surface area contributed by atoms with Crippen molar-refractivity contribution in [2.45, 2.75) is 43.6 Å². The van der Waals surface area contributed by atoms with Gasteiger partial charge in [-0.1, -0.05) is 13.8 Å². The van der Waals surface area contributed by atoms with Crippen molar-refractivity contribution in [2.24, 2.45) is 11.8 Å². The maximum Gasteiger partial charge on any atom is 0.314 e. The Kier molecular flexibility index (Phi) is 4.60. The highest BCUT2D eigenvalue weighted by Crippen LogP contribution is 2.49. The predicted molar refractivity (Wildman–Crippen MR) is 77.2 cm³/mol. The van der Waals surface area contributed by atoms with E-state index < -0.39 is 21.7 Å². The molecule has 1 saturated carbocycles. The van der Waals surface area contributed by atoms with Gasteiger partial charge in [-0.2, -0.15) is 0 Å². The zero-order chi connectivity index (χ0) is 16.5. The summed E-state index contributed by atoms with van der Waals surface area (Å²) in [5.74, 6) is -0.702. The number of aliphatic hydroxyl groups is 1. The molecule has 0 bridgehead atoms. The lowest BCUT2D eigenvalue weighted by molar-refractivity contribution is -0.137. The summed E-state index contributed by atoms with van der Waals surface area (Å²) in [6.07, 6.45) is 1.74. The van der Waals surface area contributed by atoms with Crippen LogP contribution in [-0.4, -0.2) is 29.6 Å². The van der Waals surface area contributed by atoms with Gasteiger partial charge < -0.3 is 14.4 Å². The van der Waals surface area contributed by atoms with Crippen molar-refractivity contribution in [3.05, 3.63) is 24.3 Å². The van der Waals surface area contributed by atoms with Gasteiger partial charge in [0.1, 0.15) is 15.9 Å². The Hall–Kier alpha value is -1.44. The SMILES string of the molecule is CCC(O)(CC)C1CC1C(=O)Oc1ccc(S(=O)(=O)[O-])cc1. The molecule has 0 aliphatic heterocycles. The fourth-order valence-corrected chi connectivity index (χ4v) is 3.16. The molecular weight excluding hydrogens is 308 g/mol. The van der Waals surface area contributed by atoms with Gasteiger partial charge in [0.15, 0.2) is 0 Å². The van der Waals surface area contributed by atoms with E-state index in [1.54, 1.807) is 0 Å². The molecule has 0 amide bonds. The summed E-state index contributed by atoms with van der Waals surface area (Å²) in [5.41, 5.74) is -0.843. The molecule has 0 spiro atoms. The first-order valence-electron chi connectivity index (χ1n) is 7.21. The molecule has 0 saturated heterocycles. The molecular formula is C15H19O6S-. The quantitative estimate of drug-likeness (QED) is 0.484. The Labute approximate surface area is 129 Å². The monoisotopic (exact) mass is 327 g/mol. The van der Waals surface area contributed by atoms with Gasteiger partial charge in [0, 0.05) is 5.92 Å². The van der Waals surface area contributed by atoms with Crippen LogP contribution in [0.4, 0.5) is 0 Å². The summed E-state index contributed by atoms with van der Waals surface area (Å²) in [5, 5.41) is 10.4. The van der Waals surface area contributed by atoms with Crippen molar-refractivity contribution in [2.75, 3.05) is 0 Å². The summed E-state index contributed by atoms with van der Waals surface area (Å²) < 4.78 is 37.6. The number of carbonyl (C=O) groups is 1. The molecule has 0 radical (unpaired) electrons.